The summed E-state index contributed by atoms with van der Waals surface area (Å²) in [6.07, 6.45) is 2.42. The van der Waals surface area contributed by atoms with Gasteiger partial charge in [-0.15, -0.1) is 0 Å². The first kappa shape index (κ1) is 17.4. The standard InChI is InChI=1S/C14H16O2.CH4O3S/c1-16-13-8-7-12-5-2-4-11(6-3-9-15)14(12)10-13;1-5(2,3)4/h2,4-5,7-8,10,15H,3,6,9H2,1H3;1H3,(H,2,3,4). The highest BCUT2D eigenvalue weighted by Gasteiger charge is 2.02. The number of methoxy groups -OCH3 is 1. The second kappa shape index (κ2) is 7.97. The summed E-state index contributed by atoms with van der Waals surface area (Å²) in [7, 11) is -1.99. The van der Waals surface area contributed by atoms with E-state index in [0.29, 0.717) is 6.26 Å². The highest BCUT2D eigenvalue weighted by Crippen LogP contribution is 2.24. The van der Waals surface area contributed by atoms with Gasteiger partial charge in [-0.1, -0.05) is 24.3 Å². The van der Waals surface area contributed by atoms with Gasteiger partial charge < -0.3 is 9.84 Å². The van der Waals surface area contributed by atoms with E-state index >= 15 is 0 Å². The molecule has 0 unspecified atom stereocenters. The van der Waals surface area contributed by atoms with Crippen LogP contribution < -0.4 is 4.74 Å². The van der Waals surface area contributed by atoms with E-state index in [9.17, 15) is 8.42 Å². The first-order valence-electron chi connectivity index (χ1n) is 6.44. The third-order valence-electron chi connectivity index (χ3n) is 2.78. The predicted octanol–water partition coefficient (Wildman–Crippen LogP) is 2.28. The second-order valence-electron chi connectivity index (χ2n) is 4.56. The van der Waals surface area contributed by atoms with Crippen molar-refractivity contribution in [1.29, 1.82) is 0 Å². The molecule has 0 amide bonds. The van der Waals surface area contributed by atoms with Crippen molar-refractivity contribution in [3.63, 3.8) is 0 Å². The highest BCUT2D eigenvalue weighted by molar-refractivity contribution is 7.85. The molecule has 0 aromatic heterocycles. The van der Waals surface area contributed by atoms with Crippen LogP contribution in [-0.4, -0.2) is 38.0 Å². The zero-order valence-electron chi connectivity index (χ0n) is 12.1. The van der Waals surface area contributed by atoms with Gasteiger partial charge in [0.05, 0.1) is 13.4 Å². The van der Waals surface area contributed by atoms with Crippen LogP contribution in [0.1, 0.15) is 12.0 Å². The van der Waals surface area contributed by atoms with E-state index in [-0.39, 0.29) is 6.61 Å². The van der Waals surface area contributed by atoms with E-state index in [0.717, 1.165) is 18.6 Å². The first-order chi connectivity index (χ1) is 9.85. The Morgan fingerprint density at radius 2 is 1.86 bits per heavy atom. The van der Waals surface area contributed by atoms with Crippen molar-refractivity contribution < 1.29 is 22.8 Å². The lowest BCUT2D eigenvalue weighted by atomic mass is 10.0. The van der Waals surface area contributed by atoms with Gasteiger partial charge >= 0.3 is 0 Å². The average Bonchev–Trinajstić information content (AvgIpc) is 2.42. The van der Waals surface area contributed by atoms with Gasteiger partial charge in [-0.25, -0.2) is 0 Å². The summed E-state index contributed by atoms with van der Waals surface area (Å²) in [6, 6.07) is 12.4. The summed E-state index contributed by atoms with van der Waals surface area (Å²) in [5.74, 6) is 0.879. The SMILES string of the molecule is COc1ccc2cccc(CCCO)c2c1.CS(=O)(=O)O. The van der Waals surface area contributed by atoms with Gasteiger partial charge in [-0.05, 0) is 41.3 Å². The van der Waals surface area contributed by atoms with Gasteiger partial charge in [0, 0.05) is 6.61 Å². The van der Waals surface area contributed by atoms with Crippen LogP contribution in [0.25, 0.3) is 10.8 Å². The molecule has 6 heteroatoms. The maximum atomic E-state index is 9.19. The molecule has 5 nitrogen and oxygen atoms in total. The van der Waals surface area contributed by atoms with E-state index in [2.05, 4.69) is 30.3 Å². The molecule has 0 heterocycles. The molecular weight excluding hydrogens is 292 g/mol. The molecule has 116 valence electrons. The van der Waals surface area contributed by atoms with Crippen LogP contribution in [0.2, 0.25) is 0 Å². The molecule has 0 aliphatic carbocycles. The quantitative estimate of drug-likeness (QED) is 0.846. The molecule has 2 aromatic rings. The van der Waals surface area contributed by atoms with Gasteiger partial charge in [0.15, 0.2) is 0 Å². The van der Waals surface area contributed by atoms with E-state index in [1.54, 1.807) is 7.11 Å². The minimum Gasteiger partial charge on any atom is -0.497 e. The van der Waals surface area contributed by atoms with Crippen LogP contribution in [0.5, 0.6) is 5.75 Å². The monoisotopic (exact) mass is 312 g/mol. The number of ether oxygens (including phenoxy) is 1. The third kappa shape index (κ3) is 6.57. The average molecular weight is 312 g/mol. The Bertz CT molecular complexity index is 672. The van der Waals surface area contributed by atoms with Crippen LogP contribution in [-0.2, 0) is 16.5 Å². The lowest BCUT2D eigenvalue weighted by molar-refractivity contribution is 0.289. The van der Waals surface area contributed by atoms with Crippen molar-refractivity contribution in [1.82, 2.24) is 0 Å². The van der Waals surface area contributed by atoms with Crippen molar-refractivity contribution in [2.24, 2.45) is 0 Å². The second-order valence-corrected chi connectivity index (χ2v) is 6.03. The number of aryl methyl sites for hydroxylation is 1. The number of hydrogen-bond donors (Lipinski definition) is 2. The summed E-state index contributed by atoms with van der Waals surface area (Å²) < 4.78 is 31.1. The maximum absolute atomic E-state index is 9.19. The van der Waals surface area contributed by atoms with Gasteiger partial charge in [0.2, 0.25) is 0 Å². The molecule has 2 aromatic carbocycles. The lowest BCUT2D eigenvalue weighted by Crippen LogP contribution is -1.91. The Morgan fingerprint density at radius 3 is 2.43 bits per heavy atom. The van der Waals surface area contributed by atoms with Crippen LogP contribution >= 0.6 is 0 Å². The molecule has 0 aliphatic rings. The number of benzene rings is 2. The number of rotatable bonds is 4. The Kier molecular flexibility index (Phi) is 6.61. The fraction of sp³-hybridized carbons (Fsp3) is 0.333. The molecule has 2 N–H and O–H groups in total. The molecule has 0 bridgehead atoms. The molecule has 0 atom stereocenters. The van der Waals surface area contributed by atoms with E-state index in [4.69, 9.17) is 14.4 Å². The molecule has 2 rings (SSSR count). The van der Waals surface area contributed by atoms with Gasteiger partial charge in [-0.3, -0.25) is 4.55 Å². The smallest absolute Gasteiger partial charge is 0.261 e. The largest absolute Gasteiger partial charge is 0.497 e. The van der Waals surface area contributed by atoms with Crippen LogP contribution in [0, 0.1) is 0 Å². The number of fused-ring (bicyclic) bond motifs is 1. The summed E-state index contributed by atoms with van der Waals surface area (Å²) in [5, 5.41) is 11.3. The Hall–Kier alpha value is -1.63. The Balaban J connectivity index is 0.000000383. The van der Waals surface area contributed by atoms with Crippen molar-refractivity contribution >= 4 is 20.9 Å². The van der Waals surface area contributed by atoms with Crippen molar-refractivity contribution in [3.05, 3.63) is 42.0 Å². The molecule has 0 saturated carbocycles. The molecular formula is C15H20O5S. The summed E-state index contributed by atoms with van der Waals surface area (Å²) in [5.41, 5.74) is 1.27. The maximum Gasteiger partial charge on any atom is 0.261 e. The Morgan fingerprint density at radius 1 is 1.19 bits per heavy atom. The summed E-state index contributed by atoms with van der Waals surface area (Å²) in [6.45, 7) is 0.236. The van der Waals surface area contributed by atoms with Crippen molar-refractivity contribution in [2.45, 2.75) is 12.8 Å². The number of hydrogen-bond acceptors (Lipinski definition) is 4. The molecule has 0 saturated heterocycles. The summed E-state index contributed by atoms with van der Waals surface area (Å²) in [4.78, 5) is 0. The lowest BCUT2D eigenvalue weighted by Gasteiger charge is -2.07. The fourth-order valence-corrected chi connectivity index (χ4v) is 1.93. The number of aliphatic hydroxyl groups excluding tert-OH is 1. The number of aliphatic hydroxyl groups is 1. The topological polar surface area (TPSA) is 83.8 Å². The zero-order valence-corrected chi connectivity index (χ0v) is 12.9. The highest BCUT2D eigenvalue weighted by atomic mass is 32.2. The predicted molar refractivity (Wildman–Crippen MR) is 83.4 cm³/mol. The van der Waals surface area contributed by atoms with Crippen LogP contribution in [0.15, 0.2) is 36.4 Å². The van der Waals surface area contributed by atoms with Gasteiger partial charge in [0.1, 0.15) is 5.75 Å². The van der Waals surface area contributed by atoms with Crippen LogP contribution in [0.3, 0.4) is 0 Å². The van der Waals surface area contributed by atoms with Crippen LogP contribution in [0.4, 0.5) is 0 Å². The first-order valence-corrected chi connectivity index (χ1v) is 8.29. The van der Waals surface area contributed by atoms with Gasteiger partial charge in [0.25, 0.3) is 10.1 Å². The molecule has 0 radical (unpaired) electrons. The van der Waals surface area contributed by atoms with Gasteiger partial charge in [-0.2, -0.15) is 8.42 Å². The molecule has 0 fully saturated rings. The minimum absolute atomic E-state index is 0.236. The Labute approximate surface area is 124 Å². The fourth-order valence-electron chi connectivity index (χ4n) is 1.93. The third-order valence-corrected chi connectivity index (χ3v) is 2.78. The van der Waals surface area contributed by atoms with E-state index in [1.165, 1.54) is 16.3 Å². The van der Waals surface area contributed by atoms with Crippen molar-refractivity contribution in [2.75, 3.05) is 20.0 Å². The minimum atomic E-state index is -3.67. The normalized spacial score (nSPS) is 10.9. The van der Waals surface area contributed by atoms with Crippen molar-refractivity contribution in [3.8, 4) is 5.75 Å². The van der Waals surface area contributed by atoms with E-state index in [1.807, 2.05) is 6.07 Å². The molecule has 0 spiro atoms. The zero-order chi connectivity index (χ0) is 15.9. The summed E-state index contributed by atoms with van der Waals surface area (Å²) >= 11 is 0. The van der Waals surface area contributed by atoms with E-state index < -0.39 is 10.1 Å². The molecule has 21 heavy (non-hydrogen) atoms. The molecule has 0 aliphatic heterocycles.